The van der Waals surface area contributed by atoms with E-state index in [1.807, 2.05) is 0 Å². The highest BCUT2D eigenvalue weighted by Gasteiger charge is 2.12. The summed E-state index contributed by atoms with van der Waals surface area (Å²) in [5.41, 5.74) is 2.42. The van der Waals surface area contributed by atoms with Crippen LogP contribution in [0.15, 0.2) is 24.3 Å². The Morgan fingerprint density at radius 1 is 1.47 bits per heavy atom. The van der Waals surface area contributed by atoms with Gasteiger partial charge in [-0.25, -0.2) is 0 Å². The number of piperidine rings is 1. The summed E-state index contributed by atoms with van der Waals surface area (Å²) in [6.07, 6.45) is 2.63. The van der Waals surface area contributed by atoms with E-state index in [0.717, 1.165) is 19.0 Å². The second-order valence-corrected chi connectivity index (χ2v) is 4.73. The van der Waals surface area contributed by atoms with Gasteiger partial charge in [0.15, 0.2) is 0 Å². The number of hydrogen-bond acceptors (Lipinski definition) is 3. The van der Waals surface area contributed by atoms with Crippen LogP contribution >= 0.6 is 0 Å². The summed E-state index contributed by atoms with van der Waals surface area (Å²) >= 11 is 0. The zero-order chi connectivity index (χ0) is 11.9. The Hall–Kier alpha value is -1.06. The Morgan fingerprint density at radius 3 is 3.18 bits per heavy atom. The first-order valence-corrected chi connectivity index (χ1v) is 6.41. The summed E-state index contributed by atoms with van der Waals surface area (Å²) in [5, 5.41) is 6.96. The molecule has 0 aromatic heterocycles. The number of rotatable bonds is 5. The van der Waals surface area contributed by atoms with Crippen LogP contribution in [-0.2, 0) is 11.3 Å². The molecule has 1 aromatic rings. The zero-order valence-electron chi connectivity index (χ0n) is 10.5. The Balaban J connectivity index is 1.83. The first-order valence-electron chi connectivity index (χ1n) is 6.41. The molecule has 0 aliphatic carbocycles. The van der Waals surface area contributed by atoms with Crippen LogP contribution in [-0.4, -0.2) is 26.7 Å². The fraction of sp³-hybridized carbons (Fsp3) is 0.571. The van der Waals surface area contributed by atoms with Crippen LogP contribution in [0.3, 0.4) is 0 Å². The molecule has 0 radical (unpaired) electrons. The number of ether oxygens (including phenoxy) is 1. The molecule has 1 unspecified atom stereocenters. The van der Waals surface area contributed by atoms with Crippen molar-refractivity contribution in [1.82, 2.24) is 5.32 Å². The van der Waals surface area contributed by atoms with Gasteiger partial charge in [0.1, 0.15) is 0 Å². The van der Waals surface area contributed by atoms with E-state index >= 15 is 0 Å². The van der Waals surface area contributed by atoms with Gasteiger partial charge in [-0.05, 0) is 49.5 Å². The summed E-state index contributed by atoms with van der Waals surface area (Å²) in [5.74, 6) is 0.759. The third-order valence-electron chi connectivity index (χ3n) is 3.23. The predicted octanol–water partition coefficient (Wildman–Crippen LogP) is 2.24. The van der Waals surface area contributed by atoms with Crippen molar-refractivity contribution < 1.29 is 4.74 Å². The average molecular weight is 234 g/mol. The van der Waals surface area contributed by atoms with Crippen molar-refractivity contribution in [2.75, 3.05) is 32.1 Å². The molecule has 1 saturated heterocycles. The van der Waals surface area contributed by atoms with Gasteiger partial charge in [-0.2, -0.15) is 0 Å². The fourth-order valence-corrected chi connectivity index (χ4v) is 2.30. The van der Waals surface area contributed by atoms with E-state index in [1.165, 1.54) is 30.6 Å². The van der Waals surface area contributed by atoms with Gasteiger partial charge in [-0.15, -0.1) is 0 Å². The third-order valence-corrected chi connectivity index (χ3v) is 3.23. The lowest BCUT2D eigenvalue weighted by Crippen LogP contribution is -2.33. The van der Waals surface area contributed by atoms with E-state index in [1.54, 1.807) is 7.11 Å². The molecule has 1 aliphatic heterocycles. The van der Waals surface area contributed by atoms with Crippen molar-refractivity contribution in [3.63, 3.8) is 0 Å². The minimum absolute atomic E-state index is 0.681. The minimum Gasteiger partial charge on any atom is -0.385 e. The average Bonchev–Trinajstić information content (AvgIpc) is 2.39. The lowest BCUT2D eigenvalue weighted by atomic mass is 9.99. The van der Waals surface area contributed by atoms with Crippen molar-refractivity contribution in [3.05, 3.63) is 29.8 Å². The smallest absolute Gasteiger partial charge is 0.0713 e. The molecule has 3 heteroatoms. The summed E-state index contributed by atoms with van der Waals surface area (Å²) < 4.78 is 5.14. The van der Waals surface area contributed by atoms with Gasteiger partial charge in [0.05, 0.1) is 6.61 Å². The monoisotopic (exact) mass is 234 g/mol. The molecule has 1 fully saturated rings. The summed E-state index contributed by atoms with van der Waals surface area (Å²) in [7, 11) is 1.73. The molecule has 1 aliphatic rings. The van der Waals surface area contributed by atoms with Crippen LogP contribution < -0.4 is 10.6 Å². The third kappa shape index (κ3) is 4.02. The molecule has 1 heterocycles. The van der Waals surface area contributed by atoms with Gasteiger partial charge in [-0.1, -0.05) is 12.1 Å². The molecule has 0 spiro atoms. The second kappa shape index (κ2) is 6.62. The van der Waals surface area contributed by atoms with Crippen molar-refractivity contribution in [1.29, 1.82) is 0 Å². The lowest BCUT2D eigenvalue weighted by Gasteiger charge is -2.23. The SMILES string of the molecule is COCc1cccc(NCC2CCCNC2)c1. The van der Waals surface area contributed by atoms with Gasteiger partial charge < -0.3 is 15.4 Å². The van der Waals surface area contributed by atoms with E-state index in [0.29, 0.717) is 6.61 Å². The molecule has 0 bridgehead atoms. The van der Waals surface area contributed by atoms with Crippen molar-refractivity contribution in [2.24, 2.45) is 5.92 Å². The standard InChI is InChI=1S/C14H22N2O/c1-17-11-12-4-2-6-14(8-12)16-10-13-5-3-7-15-9-13/h2,4,6,8,13,15-16H,3,5,7,9-11H2,1H3. The fourth-order valence-electron chi connectivity index (χ4n) is 2.30. The largest absolute Gasteiger partial charge is 0.385 e. The zero-order valence-corrected chi connectivity index (χ0v) is 10.5. The van der Waals surface area contributed by atoms with Gasteiger partial charge >= 0.3 is 0 Å². The number of nitrogens with one attached hydrogen (secondary N) is 2. The van der Waals surface area contributed by atoms with Gasteiger partial charge in [0.25, 0.3) is 0 Å². The number of methoxy groups -OCH3 is 1. The molecule has 1 atom stereocenters. The lowest BCUT2D eigenvalue weighted by molar-refractivity contribution is 0.185. The maximum absolute atomic E-state index is 5.14. The van der Waals surface area contributed by atoms with Crippen LogP contribution in [0.2, 0.25) is 0 Å². The molecular formula is C14H22N2O. The minimum atomic E-state index is 0.681. The first kappa shape index (κ1) is 12.4. The van der Waals surface area contributed by atoms with Gasteiger partial charge in [-0.3, -0.25) is 0 Å². The number of hydrogen-bond donors (Lipinski definition) is 2. The van der Waals surface area contributed by atoms with Crippen molar-refractivity contribution in [2.45, 2.75) is 19.4 Å². The topological polar surface area (TPSA) is 33.3 Å². The molecule has 17 heavy (non-hydrogen) atoms. The van der Waals surface area contributed by atoms with Crippen LogP contribution in [0.5, 0.6) is 0 Å². The highest BCUT2D eigenvalue weighted by atomic mass is 16.5. The Bertz CT molecular complexity index is 335. The highest BCUT2D eigenvalue weighted by Crippen LogP contribution is 2.14. The maximum Gasteiger partial charge on any atom is 0.0713 e. The Kier molecular flexibility index (Phi) is 4.83. The molecule has 0 amide bonds. The first-order chi connectivity index (χ1) is 8.38. The summed E-state index contributed by atoms with van der Waals surface area (Å²) in [6, 6.07) is 8.46. The van der Waals surface area contributed by atoms with Crippen LogP contribution in [0.4, 0.5) is 5.69 Å². The summed E-state index contributed by atoms with van der Waals surface area (Å²) in [4.78, 5) is 0. The van der Waals surface area contributed by atoms with Crippen LogP contribution in [0.1, 0.15) is 18.4 Å². The van der Waals surface area contributed by atoms with E-state index in [9.17, 15) is 0 Å². The van der Waals surface area contributed by atoms with E-state index in [2.05, 4.69) is 34.9 Å². The van der Waals surface area contributed by atoms with E-state index in [-0.39, 0.29) is 0 Å². The molecule has 3 nitrogen and oxygen atoms in total. The second-order valence-electron chi connectivity index (χ2n) is 4.73. The molecule has 94 valence electrons. The van der Waals surface area contributed by atoms with Crippen molar-refractivity contribution in [3.8, 4) is 0 Å². The van der Waals surface area contributed by atoms with Crippen LogP contribution in [0.25, 0.3) is 0 Å². The molecular weight excluding hydrogens is 212 g/mol. The van der Waals surface area contributed by atoms with Crippen molar-refractivity contribution >= 4 is 5.69 Å². The Labute approximate surface area is 104 Å². The summed E-state index contributed by atoms with van der Waals surface area (Å²) in [6.45, 7) is 4.06. The normalized spacial score (nSPS) is 20.2. The maximum atomic E-state index is 5.14. The quantitative estimate of drug-likeness (QED) is 0.820. The number of benzene rings is 1. The molecule has 2 rings (SSSR count). The van der Waals surface area contributed by atoms with Gasteiger partial charge in [0.2, 0.25) is 0 Å². The predicted molar refractivity (Wildman–Crippen MR) is 71.2 cm³/mol. The van der Waals surface area contributed by atoms with E-state index in [4.69, 9.17) is 4.74 Å². The molecule has 1 aromatic carbocycles. The molecule has 0 saturated carbocycles. The van der Waals surface area contributed by atoms with E-state index < -0.39 is 0 Å². The van der Waals surface area contributed by atoms with Crippen LogP contribution in [0, 0.1) is 5.92 Å². The molecule has 2 N–H and O–H groups in total. The Morgan fingerprint density at radius 2 is 2.41 bits per heavy atom. The number of anilines is 1. The highest BCUT2D eigenvalue weighted by molar-refractivity contribution is 5.45. The van der Waals surface area contributed by atoms with Gasteiger partial charge in [0, 0.05) is 19.3 Å².